The van der Waals surface area contributed by atoms with Gasteiger partial charge in [-0.3, -0.25) is 4.79 Å². The van der Waals surface area contributed by atoms with Crippen molar-refractivity contribution >= 4 is 34.4 Å². The van der Waals surface area contributed by atoms with Gasteiger partial charge in [0.05, 0.1) is 10.5 Å². The van der Waals surface area contributed by atoms with Crippen LogP contribution in [-0.4, -0.2) is 22.0 Å². The van der Waals surface area contributed by atoms with Crippen molar-refractivity contribution in [3.63, 3.8) is 0 Å². The molecule has 1 heterocycles. The molecule has 0 saturated carbocycles. The zero-order valence-corrected chi connectivity index (χ0v) is 12.7. The Morgan fingerprint density at radius 1 is 1.09 bits per heavy atom. The third-order valence-electron chi connectivity index (χ3n) is 3.51. The molecule has 1 atom stereocenters. The number of aromatic nitrogens is 1. The predicted octanol–water partition coefficient (Wildman–Crippen LogP) is 3.38. The summed E-state index contributed by atoms with van der Waals surface area (Å²) in [7, 11) is 0. The number of carboxylic acid groups (broad SMARTS) is 1. The molecule has 0 bridgehead atoms. The number of H-pyrrole nitrogens is 1. The molecule has 0 saturated heterocycles. The van der Waals surface area contributed by atoms with Gasteiger partial charge in [-0.15, -0.1) is 0 Å². The van der Waals surface area contributed by atoms with E-state index in [0.29, 0.717) is 16.1 Å². The van der Waals surface area contributed by atoms with E-state index in [-0.39, 0.29) is 5.69 Å². The minimum absolute atomic E-state index is 0.260. The average molecular weight is 329 g/mol. The Balaban J connectivity index is 1.89. The van der Waals surface area contributed by atoms with Crippen LogP contribution in [0.5, 0.6) is 0 Å². The molecule has 2 aromatic carbocycles. The fraction of sp³-hybridized carbons (Fsp3) is 0.0588. The second-order valence-corrected chi connectivity index (χ2v) is 5.45. The van der Waals surface area contributed by atoms with Crippen LogP contribution in [0.15, 0.2) is 54.6 Å². The molecule has 1 unspecified atom stereocenters. The minimum atomic E-state index is -1.13. The molecule has 3 aromatic rings. The molecule has 6 heteroatoms. The molecule has 0 aliphatic heterocycles. The number of carbonyl (C=O) groups is 2. The molecule has 1 amide bonds. The minimum Gasteiger partial charge on any atom is -0.479 e. The molecule has 5 nitrogen and oxygen atoms in total. The van der Waals surface area contributed by atoms with Gasteiger partial charge >= 0.3 is 5.97 Å². The van der Waals surface area contributed by atoms with Crippen LogP contribution in [0.25, 0.3) is 10.9 Å². The normalized spacial score (nSPS) is 12.0. The summed E-state index contributed by atoms with van der Waals surface area (Å²) in [5.41, 5.74) is 1.41. The molecule has 116 valence electrons. The van der Waals surface area contributed by atoms with Crippen molar-refractivity contribution in [2.75, 3.05) is 0 Å². The van der Waals surface area contributed by atoms with Gasteiger partial charge in [-0.2, -0.15) is 0 Å². The van der Waals surface area contributed by atoms with E-state index in [1.54, 1.807) is 48.5 Å². The summed E-state index contributed by atoms with van der Waals surface area (Å²) in [6, 6.07) is 14.4. The van der Waals surface area contributed by atoms with E-state index < -0.39 is 17.9 Å². The number of hydrogen-bond acceptors (Lipinski definition) is 2. The van der Waals surface area contributed by atoms with Crippen molar-refractivity contribution < 1.29 is 14.7 Å². The summed E-state index contributed by atoms with van der Waals surface area (Å²) < 4.78 is 0. The lowest BCUT2D eigenvalue weighted by Crippen LogP contribution is -2.33. The molecule has 0 fully saturated rings. The number of benzene rings is 2. The summed E-state index contributed by atoms with van der Waals surface area (Å²) in [5, 5.41) is 13.2. The van der Waals surface area contributed by atoms with Gasteiger partial charge in [0.15, 0.2) is 6.04 Å². The van der Waals surface area contributed by atoms with Gasteiger partial charge in [0.25, 0.3) is 5.91 Å². The lowest BCUT2D eigenvalue weighted by atomic mass is 10.1. The van der Waals surface area contributed by atoms with Crippen molar-refractivity contribution in [3.8, 4) is 0 Å². The smallest absolute Gasteiger partial charge is 0.330 e. The van der Waals surface area contributed by atoms with Crippen molar-refractivity contribution in [2.24, 2.45) is 0 Å². The second-order valence-electron chi connectivity index (χ2n) is 5.04. The van der Waals surface area contributed by atoms with Crippen molar-refractivity contribution in [1.29, 1.82) is 0 Å². The number of aliphatic carboxylic acids is 1. The van der Waals surface area contributed by atoms with Crippen LogP contribution in [0.3, 0.4) is 0 Å². The highest BCUT2D eigenvalue weighted by Crippen LogP contribution is 2.23. The van der Waals surface area contributed by atoms with Crippen molar-refractivity contribution in [2.45, 2.75) is 6.04 Å². The Hall–Kier alpha value is -2.79. The number of nitrogens with one attached hydrogen (secondary N) is 2. The zero-order valence-electron chi connectivity index (χ0n) is 11.9. The quantitative estimate of drug-likeness (QED) is 0.686. The van der Waals surface area contributed by atoms with E-state index in [0.717, 1.165) is 5.39 Å². The van der Waals surface area contributed by atoms with E-state index in [4.69, 9.17) is 11.6 Å². The summed E-state index contributed by atoms with van der Waals surface area (Å²) in [5.74, 6) is -1.63. The molecule has 3 rings (SSSR count). The first-order chi connectivity index (χ1) is 11.1. The van der Waals surface area contributed by atoms with E-state index in [9.17, 15) is 14.7 Å². The third kappa shape index (κ3) is 3.05. The number of para-hydroxylation sites is 1. The van der Waals surface area contributed by atoms with Crippen LogP contribution in [0.2, 0.25) is 5.02 Å². The first-order valence-electron chi connectivity index (χ1n) is 6.92. The highest BCUT2D eigenvalue weighted by Gasteiger charge is 2.23. The molecule has 3 N–H and O–H groups in total. The number of fused-ring (bicyclic) bond motifs is 1. The lowest BCUT2D eigenvalue weighted by Gasteiger charge is -2.14. The fourth-order valence-corrected chi connectivity index (χ4v) is 2.61. The molecule has 0 radical (unpaired) electrons. The van der Waals surface area contributed by atoms with Crippen molar-refractivity contribution in [1.82, 2.24) is 10.3 Å². The topological polar surface area (TPSA) is 82.2 Å². The van der Waals surface area contributed by atoms with Gasteiger partial charge in [0.2, 0.25) is 0 Å². The Kier molecular flexibility index (Phi) is 4.04. The van der Waals surface area contributed by atoms with E-state index in [1.807, 2.05) is 6.07 Å². The molecule has 0 aliphatic rings. The van der Waals surface area contributed by atoms with Crippen LogP contribution in [-0.2, 0) is 4.79 Å². The number of rotatable bonds is 4. The number of halogens is 1. The third-order valence-corrected chi connectivity index (χ3v) is 3.82. The summed E-state index contributed by atoms with van der Waals surface area (Å²) >= 11 is 6.07. The maximum absolute atomic E-state index is 12.4. The summed E-state index contributed by atoms with van der Waals surface area (Å²) in [6.07, 6.45) is 0. The van der Waals surface area contributed by atoms with Gasteiger partial charge in [-0.25, -0.2) is 4.79 Å². The van der Waals surface area contributed by atoms with E-state index in [2.05, 4.69) is 10.3 Å². The first-order valence-corrected chi connectivity index (χ1v) is 7.30. The lowest BCUT2D eigenvalue weighted by molar-refractivity contribution is -0.139. The number of hydrogen-bond donors (Lipinski definition) is 3. The van der Waals surface area contributed by atoms with Gasteiger partial charge in [-0.05, 0) is 17.7 Å². The maximum atomic E-state index is 12.4. The Bertz CT molecular complexity index is 874. The molecule has 23 heavy (non-hydrogen) atoms. The summed E-state index contributed by atoms with van der Waals surface area (Å²) in [4.78, 5) is 26.7. The van der Waals surface area contributed by atoms with Crippen LogP contribution in [0, 0.1) is 0 Å². The number of aromatic amines is 1. The van der Waals surface area contributed by atoms with Gasteiger partial charge < -0.3 is 15.4 Å². The Morgan fingerprint density at radius 2 is 1.83 bits per heavy atom. The largest absolute Gasteiger partial charge is 0.479 e. The maximum Gasteiger partial charge on any atom is 0.330 e. The van der Waals surface area contributed by atoms with Crippen LogP contribution in [0.4, 0.5) is 0 Å². The highest BCUT2D eigenvalue weighted by molar-refractivity contribution is 6.35. The molecule has 1 aromatic heterocycles. The van der Waals surface area contributed by atoms with Gasteiger partial charge in [0, 0.05) is 5.39 Å². The standard InChI is InChI=1S/C17H13ClN2O3/c18-12-8-4-7-11-9-13(19-14(11)12)16(21)20-15(17(22)23)10-5-2-1-3-6-10/h1-9,15,19H,(H,20,21)(H,22,23). The van der Waals surface area contributed by atoms with Crippen LogP contribution in [0.1, 0.15) is 22.1 Å². The highest BCUT2D eigenvalue weighted by atomic mass is 35.5. The SMILES string of the molecule is O=C(NC(C(=O)O)c1ccccc1)c1cc2cccc(Cl)c2[nH]1. The molecule has 0 spiro atoms. The fourth-order valence-electron chi connectivity index (χ4n) is 2.38. The van der Waals surface area contributed by atoms with Crippen LogP contribution >= 0.6 is 11.6 Å². The Morgan fingerprint density at radius 3 is 2.48 bits per heavy atom. The van der Waals surface area contributed by atoms with E-state index >= 15 is 0 Å². The molecular formula is C17H13ClN2O3. The molecule has 0 aliphatic carbocycles. The van der Waals surface area contributed by atoms with E-state index in [1.165, 1.54) is 0 Å². The van der Waals surface area contributed by atoms with Gasteiger partial charge in [0.1, 0.15) is 5.69 Å². The zero-order chi connectivity index (χ0) is 16.4. The monoisotopic (exact) mass is 328 g/mol. The van der Waals surface area contributed by atoms with Gasteiger partial charge in [-0.1, -0.05) is 54.1 Å². The Labute approximate surface area is 136 Å². The van der Waals surface area contributed by atoms with Crippen LogP contribution < -0.4 is 5.32 Å². The summed E-state index contributed by atoms with van der Waals surface area (Å²) in [6.45, 7) is 0. The number of amides is 1. The van der Waals surface area contributed by atoms with Crippen molar-refractivity contribution in [3.05, 3.63) is 70.9 Å². The number of carbonyl (C=O) groups excluding carboxylic acids is 1. The molecular weight excluding hydrogens is 316 g/mol. The second kappa shape index (κ2) is 6.14. The predicted molar refractivity (Wildman–Crippen MR) is 87.6 cm³/mol. The number of carboxylic acids is 1. The first kappa shape index (κ1) is 15.1. The average Bonchev–Trinajstić information content (AvgIpc) is 2.99.